The van der Waals surface area contributed by atoms with Crippen LogP contribution in [0.3, 0.4) is 0 Å². The first-order valence-corrected chi connectivity index (χ1v) is 9.88. The number of carbonyl (C=O) groups excluding carboxylic acids is 2. The highest BCUT2D eigenvalue weighted by Crippen LogP contribution is 2.33. The van der Waals surface area contributed by atoms with Crippen LogP contribution >= 0.6 is 0 Å². The van der Waals surface area contributed by atoms with Crippen LogP contribution in [-0.4, -0.2) is 65.6 Å². The van der Waals surface area contributed by atoms with E-state index in [0.29, 0.717) is 39.1 Å². The van der Waals surface area contributed by atoms with Gasteiger partial charge in [-0.05, 0) is 45.6 Å². The van der Waals surface area contributed by atoms with E-state index in [0.717, 1.165) is 6.54 Å². The predicted molar refractivity (Wildman–Crippen MR) is 106 cm³/mol. The number of amides is 2. The highest BCUT2D eigenvalue weighted by atomic mass is 16.6. The molecule has 2 rings (SSSR count). The Kier molecular flexibility index (Phi) is 7.46. The molecule has 1 fully saturated rings. The summed E-state index contributed by atoms with van der Waals surface area (Å²) >= 11 is 0. The zero-order chi connectivity index (χ0) is 20.8. The molecule has 1 aliphatic heterocycles. The summed E-state index contributed by atoms with van der Waals surface area (Å²) in [5, 5.41) is 7.28. The van der Waals surface area contributed by atoms with E-state index in [4.69, 9.17) is 9.47 Å². The van der Waals surface area contributed by atoms with Crippen molar-refractivity contribution >= 4 is 12.0 Å². The first-order valence-electron chi connectivity index (χ1n) is 9.88. The quantitative estimate of drug-likeness (QED) is 0.767. The second-order valence-corrected chi connectivity index (χ2v) is 8.72. The van der Waals surface area contributed by atoms with Crippen molar-refractivity contribution in [3.63, 3.8) is 0 Å². The van der Waals surface area contributed by atoms with Crippen LogP contribution in [0.5, 0.6) is 0 Å². The lowest BCUT2D eigenvalue weighted by molar-refractivity contribution is -0.138. The molecule has 2 amide bonds. The van der Waals surface area contributed by atoms with Gasteiger partial charge < -0.3 is 19.7 Å². The highest BCUT2D eigenvalue weighted by Gasteiger charge is 2.43. The molecule has 8 heteroatoms. The second-order valence-electron chi connectivity index (χ2n) is 8.72. The number of carbonyl (C=O) groups is 2. The lowest BCUT2D eigenvalue weighted by atomic mass is 9.78. The fraction of sp³-hybridized carbons (Fsp3) is 0.750. The van der Waals surface area contributed by atoms with E-state index in [-0.39, 0.29) is 17.9 Å². The number of nitrogens with one attached hydrogen (secondary N) is 1. The SMILES string of the molecule is COCC1(C(=O)NCC(C)Cn2cccn2)CCN(C(=O)OC(C)(C)C)CC1. The highest BCUT2D eigenvalue weighted by molar-refractivity contribution is 5.83. The molecule has 1 aliphatic rings. The van der Waals surface area contributed by atoms with Crippen molar-refractivity contribution in [3.05, 3.63) is 18.5 Å². The van der Waals surface area contributed by atoms with Gasteiger partial charge in [-0.25, -0.2) is 4.79 Å². The fourth-order valence-corrected chi connectivity index (χ4v) is 3.40. The van der Waals surface area contributed by atoms with Crippen LogP contribution in [0.2, 0.25) is 0 Å². The van der Waals surface area contributed by atoms with Gasteiger partial charge in [-0.15, -0.1) is 0 Å². The van der Waals surface area contributed by atoms with Crippen molar-refractivity contribution in [2.75, 3.05) is 33.4 Å². The zero-order valence-corrected chi connectivity index (χ0v) is 17.7. The molecule has 1 unspecified atom stereocenters. The number of methoxy groups -OCH3 is 1. The fourth-order valence-electron chi connectivity index (χ4n) is 3.40. The van der Waals surface area contributed by atoms with E-state index >= 15 is 0 Å². The monoisotopic (exact) mass is 394 g/mol. The minimum absolute atomic E-state index is 0.00879. The third-order valence-electron chi connectivity index (χ3n) is 4.94. The molecule has 0 radical (unpaired) electrons. The van der Waals surface area contributed by atoms with Crippen molar-refractivity contribution in [2.45, 2.75) is 52.7 Å². The number of hydrogen-bond acceptors (Lipinski definition) is 5. The molecule has 158 valence electrons. The number of aromatic nitrogens is 2. The molecule has 1 N–H and O–H groups in total. The number of nitrogens with zero attached hydrogens (tertiary/aromatic N) is 3. The number of piperidine rings is 1. The van der Waals surface area contributed by atoms with Gasteiger partial charge in [0.05, 0.1) is 12.0 Å². The molecule has 0 aliphatic carbocycles. The van der Waals surface area contributed by atoms with Gasteiger partial charge in [0.15, 0.2) is 0 Å². The largest absolute Gasteiger partial charge is 0.444 e. The predicted octanol–water partition coefficient (Wildman–Crippen LogP) is 2.30. The lowest BCUT2D eigenvalue weighted by Crippen LogP contribution is -2.53. The minimum Gasteiger partial charge on any atom is -0.444 e. The van der Waals surface area contributed by atoms with Gasteiger partial charge in [-0.2, -0.15) is 5.10 Å². The molecular formula is C20H34N4O4. The van der Waals surface area contributed by atoms with Crippen molar-refractivity contribution in [1.29, 1.82) is 0 Å². The molecule has 0 aromatic carbocycles. The number of rotatable bonds is 7. The van der Waals surface area contributed by atoms with Crippen molar-refractivity contribution in [3.8, 4) is 0 Å². The molecule has 1 atom stereocenters. The smallest absolute Gasteiger partial charge is 0.410 e. The molecule has 0 spiro atoms. The van der Waals surface area contributed by atoms with Crippen molar-refractivity contribution in [2.24, 2.45) is 11.3 Å². The number of ether oxygens (including phenoxy) is 2. The lowest BCUT2D eigenvalue weighted by Gasteiger charge is -2.40. The van der Waals surface area contributed by atoms with Crippen LogP contribution in [0, 0.1) is 11.3 Å². The molecule has 2 heterocycles. The van der Waals surface area contributed by atoms with Gasteiger partial charge >= 0.3 is 6.09 Å². The van der Waals surface area contributed by atoms with Crippen LogP contribution in [0.25, 0.3) is 0 Å². The summed E-state index contributed by atoms with van der Waals surface area (Å²) in [6, 6.07) is 1.89. The summed E-state index contributed by atoms with van der Waals surface area (Å²) in [5.41, 5.74) is -1.14. The first kappa shape index (κ1) is 22.2. The molecule has 1 saturated heterocycles. The van der Waals surface area contributed by atoms with Crippen molar-refractivity contribution < 1.29 is 19.1 Å². The molecule has 1 aromatic rings. The van der Waals surface area contributed by atoms with E-state index in [2.05, 4.69) is 17.3 Å². The van der Waals surface area contributed by atoms with Crippen LogP contribution in [0.1, 0.15) is 40.5 Å². The summed E-state index contributed by atoms with van der Waals surface area (Å²) in [6.07, 6.45) is 4.44. The average Bonchev–Trinajstić information content (AvgIpc) is 3.12. The molecule has 1 aromatic heterocycles. The maximum Gasteiger partial charge on any atom is 0.410 e. The van der Waals surface area contributed by atoms with Gasteiger partial charge in [-0.3, -0.25) is 9.48 Å². The Morgan fingerprint density at radius 3 is 2.50 bits per heavy atom. The maximum atomic E-state index is 13.0. The van der Waals surface area contributed by atoms with E-state index in [1.807, 2.05) is 37.7 Å². The minimum atomic E-state index is -0.612. The number of likely N-dealkylation sites (tertiary alicyclic amines) is 1. The topological polar surface area (TPSA) is 85.7 Å². The second kappa shape index (κ2) is 9.41. The summed E-state index contributed by atoms with van der Waals surface area (Å²) < 4.78 is 12.7. The van der Waals surface area contributed by atoms with E-state index < -0.39 is 11.0 Å². The van der Waals surface area contributed by atoms with E-state index in [1.165, 1.54) is 0 Å². The van der Waals surface area contributed by atoms with Crippen molar-refractivity contribution in [1.82, 2.24) is 20.0 Å². The van der Waals surface area contributed by atoms with Crippen LogP contribution in [-0.2, 0) is 20.8 Å². The van der Waals surface area contributed by atoms with Gasteiger partial charge in [-0.1, -0.05) is 6.92 Å². The normalized spacial score (nSPS) is 17.8. The molecule has 8 nitrogen and oxygen atoms in total. The van der Waals surface area contributed by atoms with Crippen LogP contribution in [0.4, 0.5) is 4.79 Å². The maximum absolute atomic E-state index is 13.0. The van der Waals surface area contributed by atoms with Crippen LogP contribution in [0.15, 0.2) is 18.5 Å². The zero-order valence-electron chi connectivity index (χ0n) is 17.7. The number of hydrogen-bond donors (Lipinski definition) is 1. The van der Waals surface area contributed by atoms with E-state index in [1.54, 1.807) is 18.2 Å². The Morgan fingerprint density at radius 1 is 1.29 bits per heavy atom. The summed E-state index contributed by atoms with van der Waals surface area (Å²) in [4.78, 5) is 26.9. The van der Waals surface area contributed by atoms with Gasteiger partial charge in [0, 0.05) is 45.7 Å². The summed E-state index contributed by atoms with van der Waals surface area (Å²) in [7, 11) is 1.61. The Hall–Kier alpha value is -2.09. The Morgan fingerprint density at radius 2 is 1.96 bits per heavy atom. The van der Waals surface area contributed by atoms with Gasteiger partial charge in [0.25, 0.3) is 0 Å². The van der Waals surface area contributed by atoms with E-state index in [9.17, 15) is 9.59 Å². The third kappa shape index (κ3) is 6.22. The summed E-state index contributed by atoms with van der Waals surface area (Å²) in [5.74, 6) is 0.246. The average molecular weight is 395 g/mol. The van der Waals surface area contributed by atoms with Crippen LogP contribution < -0.4 is 5.32 Å². The Labute approximate surface area is 167 Å². The molecule has 28 heavy (non-hydrogen) atoms. The molecule has 0 saturated carbocycles. The Bertz CT molecular complexity index is 631. The summed E-state index contributed by atoms with van der Waals surface area (Å²) in [6.45, 7) is 10.2. The Balaban J connectivity index is 1.89. The van der Waals surface area contributed by atoms with Gasteiger partial charge in [0.1, 0.15) is 5.60 Å². The first-order chi connectivity index (χ1) is 13.1. The third-order valence-corrected chi connectivity index (χ3v) is 4.94. The molecule has 0 bridgehead atoms. The van der Waals surface area contributed by atoms with Gasteiger partial charge in [0.2, 0.25) is 5.91 Å². The molecular weight excluding hydrogens is 360 g/mol. The standard InChI is InChI=1S/C20H34N4O4/c1-16(14-24-10-6-9-22-24)13-21-17(25)20(15-27-5)7-11-23(12-8-20)18(26)28-19(2,3)4/h6,9-10,16H,7-8,11-15H2,1-5H3,(H,21,25).